The fraction of sp³-hybridized carbons (Fsp3) is 0.136. The van der Waals surface area contributed by atoms with E-state index in [9.17, 15) is 13.6 Å². The third-order valence-corrected chi connectivity index (χ3v) is 6.06. The van der Waals surface area contributed by atoms with Crippen molar-refractivity contribution in [1.29, 1.82) is 0 Å². The molecule has 0 spiro atoms. The van der Waals surface area contributed by atoms with Crippen molar-refractivity contribution >= 4 is 33.7 Å². The van der Waals surface area contributed by atoms with E-state index in [0.717, 1.165) is 21.6 Å². The number of aryl methyl sites for hydroxylation is 1. The molecule has 0 saturated heterocycles. The highest BCUT2D eigenvalue weighted by Gasteiger charge is 2.12. The summed E-state index contributed by atoms with van der Waals surface area (Å²) >= 11 is 2.81. The second-order valence-corrected chi connectivity index (χ2v) is 8.85. The molecule has 31 heavy (non-hydrogen) atoms. The molecule has 0 unspecified atom stereocenters. The molecular weight excluding hydrogens is 440 g/mol. The fourth-order valence-electron chi connectivity index (χ4n) is 2.80. The monoisotopic (exact) mass is 457 g/mol. The maximum Gasteiger partial charge on any atom is 0.257 e. The van der Waals surface area contributed by atoms with Crippen LogP contribution in [0.2, 0.25) is 0 Å². The van der Waals surface area contributed by atoms with Crippen LogP contribution in [0.1, 0.15) is 31.5 Å². The smallest absolute Gasteiger partial charge is 0.257 e. The molecule has 158 valence electrons. The minimum absolute atomic E-state index is 0.268. The lowest BCUT2D eigenvalue weighted by Gasteiger charge is -2.06. The van der Waals surface area contributed by atoms with Gasteiger partial charge in [-0.25, -0.2) is 18.7 Å². The van der Waals surface area contributed by atoms with Gasteiger partial charge in [0.2, 0.25) is 0 Å². The summed E-state index contributed by atoms with van der Waals surface area (Å²) in [7, 11) is 0. The van der Waals surface area contributed by atoms with Crippen LogP contribution in [0.3, 0.4) is 0 Å². The van der Waals surface area contributed by atoms with Gasteiger partial charge in [0.15, 0.2) is 5.13 Å². The van der Waals surface area contributed by atoms with Crippen LogP contribution in [0.5, 0.6) is 5.75 Å². The van der Waals surface area contributed by atoms with Crippen molar-refractivity contribution in [1.82, 2.24) is 9.97 Å². The van der Waals surface area contributed by atoms with Crippen LogP contribution < -0.4 is 10.1 Å². The molecule has 5 nitrogen and oxygen atoms in total. The number of nitrogens with one attached hydrogen (secondary N) is 1. The highest BCUT2D eigenvalue weighted by atomic mass is 32.1. The van der Waals surface area contributed by atoms with Crippen molar-refractivity contribution in [2.45, 2.75) is 20.0 Å². The lowest BCUT2D eigenvalue weighted by molar-refractivity contribution is 0.102. The van der Waals surface area contributed by atoms with Gasteiger partial charge in [0.1, 0.15) is 24.0 Å². The Labute approximate surface area is 185 Å². The van der Waals surface area contributed by atoms with Gasteiger partial charge in [-0.1, -0.05) is 6.07 Å². The van der Waals surface area contributed by atoms with Crippen LogP contribution in [0.4, 0.5) is 13.9 Å². The molecule has 0 aliphatic carbocycles. The van der Waals surface area contributed by atoms with Crippen LogP contribution in [-0.2, 0) is 13.0 Å². The molecule has 0 aliphatic rings. The van der Waals surface area contributed by atoms with Crippen LogP contribution in [0, 0.1) is 18.6 Å². The summed E-state index contributed by atoms with van der Waals surface area (Å²) in [5.41, 5.74) is 1.69. The molecular formula is C22H17F2N3O2S2. The molecule has 4 aromatic rings. The maximum absolute atomic E-state index is 13.8. The van der Waals surface area contributed by atoms with Crippen LogP contribution in [0.15, 0.2) is 54.0 Å². The number of nitrogens with zero attached hydrogens (tertiary/aromatic N) is 2. The Hall–Kier alpha value is -3.17. The van der Waals surface area contributed by atoms with Gasteiger partial charge in [-0.3, -0.25) is 10.1 Å². The summed E-state index contributed by atoms with van der Waals surface area (Å²) in [6.07, 6.45) is 1.84. The highest BCUT2D eigenvalue weighted by molar-refractivity contribution is 7.15. The van der Waals surface area contributed by atoms with Gasteiger partial charge in [-0.15, -0.1) is 22.7 Å². The van der Waals surface area contributed by atoms with Crippen LogP contribution >= 0.6 is 22.7 Å². The first kappa shape index (κ1) is 21.1. The molecule has 2 heterocycles. The molecule has 1 N–H and O–H groups in total. The molecule has 9 heteroatoms. The molecule has 2 aromatic carbocycles. The van der Waals surface area contributed by atoms with E-state index in [1.807, 2.05) is 12.3 Å². The second kappa shape index (κ2) is 9.32. The summed E-state index contributed by atoms with van der Waals surface area (Å²) < 4.78 is 32.5. The zero-order valence-corrected chi connectivity index (χ0v) is 18.0. The van der Waals surface area contributed by atoms with E-state index in [1.165, 1.54) is 23.5 Å². The number of aromatic nitrogens is 2. The number of hydrogen-bond acceptors (Lipinski definition) is 6. The quantitative estimate of drug-likeness (QED) is 0.392. The molecule has 1 amide bonds. The summed E-state index contributed by atoms with van der Waals surface area (Å²) in [5, 5.41) is 6.07. The zero-order valence-electron chi connectivity index (χ0n) is 16.4. The van der Waals surface area contributed by atoms with Crippen molar-refractivity contribution in [3.8, 4) is 5.75 Å². The maximum atomic E-state index is 13.8. The molecule has 0 fully saturated rings. The number of anilines is 1. The van der Waals surface area contributed by atoms with Gasteiger partial charge in [0.05, 0.1) is 10.7 Å². The Balaban J connectivity index is 1.34. The van der Waals surface area contributed by atoms with Crippen LogP contribution in [0.25, 0.3) is 0 Å². The van der Waals surface area contributed by atoms with E-state index in [2.05, 4.69) is 15.3 Å². The van der Waals surface area contributed by atoms with E-state index in [0.29, 0.717) is 28.6 Å². The molecule has 0 atom stereocenters. The fourth-order valence-corrected chi connectivity index (χ4v) is 4.23. The number of amides is 1. The minimum Gasteiger partial charge on any atom is -0.487 e. The molecule has 2 aromatic heterocycles. The SMILES string of the molecule is Cc1nc(COc2ccc(C(=O)Nc3ncc(Cc4ccc(F)cc4F)s3)cc2)cs1. The standard InChI is InChI=1S/C22H17F2N3O2S2/c1-13-26-17(12-30-13)11-29-18-6-3-14(4-7-18)21(28)27-22-25-10-19(31-22)8-15-2-5-16(23)9-20(15)24/h2-7,9-10,12H,8,11H2,1H3,(H,25,27,28). The number of halogens is 2. The lowest BCUT2D eigenvalue weighted by Crippen LogP contribution is -2.11. The number of carbonyl (C=O) groups is 1. The Morgan fingerprint density at radius 3 is 2.68 bits per heavy atom. The Morgan fingerprint density at radius 2 is 1.97 bits per heavy atom. The van der Waals surface area contributed by atoms with Gasteiger partial charge in [0.25, 0.3) is 5.91 Å². The topological polar surface area (TPSA) is 64.1 Å². The minimum atomic E-state index is -0.617. The molecule has 0 bridgehead atoms. The molecule has 0 radical (unpaired) electrons. The van der Waals surface area contributed by atoms with E-state index < -0.39 is 11.6 Å². The first-order chi connectivity index (χ1) is 15.0. The summed E-state index contributed by atoms with van der Waals surface area (Å²) in [6.45, 7) is 2.31. The largest absolute Gasteiger partial charge is 0.487 e. The first-order valence-electron chi connectivity index (χ1n) is 9.30. The van der Waals surface area contributed by atoms with Gasteiger partial charge < -0.3 is 4.74 Å². The molecule has 0 saturated carbocycles. The van der Waals surface area contributed by atoms with Crippen molar-refractivity contribution in [2.75, 3.05) is 5.32 Å². The Bertz CT molecular complexity index is 1210. The van der Waals surface area contributed by atoms with E-state index in [-0.39, 0.29) is 12.3 Å². The normalized spacial score (nSPS) is 10.8. The van der Waals surface area contributed by atoms with E-state index in [4.69, 9.17) is 4.74 Å². The lowest BCUT2D eigenvalue weighted by atomic mass is 10.1. The highest BCUT2D eigenvalue weighted by Crippen LogP contribution is 2.24. The second-order valence-electron chi connectivity index (χ2n) is 6.67. The van der Waals surface area contributed by atoms with Gasteiger partial charge in [-0.05, 0) is 42.8 Å². The first-order valence-corrected chi connectivity index (χ1v) is 11.0. The Kier molecular flexibility index (Phi) is 6.34. The number of thiazole rings is 2. The van der Waals surface area contributed by atoms with Gasteiger partial charge >= 0.3 is 0 Å². The van der Waals surface area contributed by atoms with Crippen molar-refractivity contribution in [2.24, 2.45) is 0 Å². The summed E-state index contributed by atoms with van der Waals surface area (Å²) in [6, 6.07) is 10.2. The zero-order chi connectivity index (χ0) is 21.8. The number of benzene rings is 2. The van der Waals surface area contributed by atoms with E-state index >= 15 is 0 Å². The number of ether oxygens (including phenoxy) is 1. The average Bonchev–Trinajstić information content (AvgIpc) is 3.37. The molecule has 0 aliphatic heterocycles. The third kappa shape index (κ3) is 5.50. The van der Waals surface area contributed by atoms with Crippen LogP contribution in [-0.4, -0.2) is 15.9 Å². The van der Waals surface area contributed by atoms with Gasteiger partial charge in [0, 0.05) is 34.5 Å². The van der Waals surface area contributed by atoms with Gasteiger partial charge in [-0.2, -0.15) is 0 Å². The van der Waals surface area contributed by atoms with Crippen molar-refractivity contribution in [3.63, 3.8) is 0 Å². The number of rotatable bonds is 7. The predicted octanol–water partition coefficient (Wildman–Crippen LogP) is 5.61. The number of carbonyl (C=O) groups excluding carboxylic acids is 1. The average molecular weight is 458 g/mol. The predicted molar refractivity (Wildman–Crippen MR) is 117 cm³/mol. The molecule has 4 rings (SSSR count). The number of hydrogen-bond donors (Lipinski definition) is 1. The van der Waals surface area contributed by atoms with Crippen molar-refractivity contribution in [3.05, 3.63) is 92.4 Å². The Morgan fingerprint density at radius 1 is 1.16 bits per heavy atom. The van der Waals surface area contributed by atoms with Crippen molar-refractivity contribution < 1.29 is 18.3 Å². The van der Waals surface area contributed by atoms with E-state index in [1.54, 1.807) is 41.8 Å². The summed E-state index contributed by atoms with van der Waals surface area (Å²) in [4.78, 5) is 21.7. The third-order valence-electron chi connectivity index (χ3n) is 4.32. The summed E-state index contributed by atoms with van der Waals surface area (Å²) in [5.74, 6) is -0.894.